The molecule has 2 aromatic rings. The van der Waals surface area contributed by atoms with E-state index in [-0.39, 0.29) is 5.56 Å². The molecular weight excluding hydrogens is 316 g/mol. The summed E-state index contributed by atoms with van der Waals surface area (Å²) in [6.45, 7) is 0.543. The number of carboxylic acid groups (broad SMARTS) is 1. The van der Waals surface area contributed by atoms with Gasteiger partial charge in [0.1, 0.15) is 5.75 Å². The van der Waals surface area contributed by atoms with Crippen molar-refractivity contribution in [2.24, 2.45) is 0 Å². The van der Waals surface area contributed by atoms with Crippen molar-refractivity contribution in [2.75, 3.05) is 6.61 Å². The molecule has 0 radical (unpaired) electrons. The highest BCUT2D eigenvalue weighted by Crippen LogP contribution is 2.23. The lowest BCUT2D eigenvalue weighted by atomic mass is 10.2. The van der Waals surface area contributed by atoms with Crippen LogP contribution < -0.4 is 4.74 Å². The number of aromatic carboxylic acids is 1. The van der Waals surface area contributed by atoms with Gasteiger partial charge in [-0.3, -0.25) is 0 Å². The molecule has 1 N–H and O–H groups in total. The average molecular weight is 327 g/mol. The number of halogens is 1. The van der Waals surface area contributed by atoms with Gasteiger partial charge in [-0.25, -0.2) is 4.79 Å². The molecule has 0 aliphatic carbocycles. The van der Waals surface area contributed by atoms with Gasteiger partial charge >= 0.3 is 5.97 Å². The van der Waals surface area contributed by atoms with Gasteiger partial charge < -0.3 is 9.84 Å². The number of hydrogen-bond donors (Lipinski definition) is 1. The molecule has 0 bridgehead atoms. The van der Waals surface area contributed by atoms with E-state index in [1.54, 1.807) is 23.5 Å². The van der Waals surface area contributed by atoms with E-state index in [4.69, 9.17) is 9.84 Å². The number of benzene rings is 1. The molecule has 3 nitrogen and oxygen atoms in total. The Kier molecular flexibility index (Phi) is 4.38. The van der Waals surface area contributed by atoms with Crippen LogP contribution in [0.15, 0.2) is 40.2 Å². The molecular formula is C13H11BrO3S. The van der Waals surface area contributed by atoms with Crippen LogP contribution >= 0.6 is 27.3 Å². The summed E-state index contributed by atoms with van der Waals surface area (Å²) in [4.78, 5) is 12.2. The highest BCUT2D eigenvalue weighted by atomic mass is 79.9. The average Bonchev–Trinajstić information content (AvgIpc) is 2.84. The van der Waals surface area contributed by atoms with Crippen molar-refractivity contribution in [3.8, 4) is 5.75 Å². The topological polar surface area (TPSA) is 46.5 Å². The normalized spacial score (nSPS) is 10.3. The molecule has 0 saturated carbocycles. The summed E-state index contributed by atoms with van der Waals surface area (Å²) >= 11 is 4.88. The van der Waals surface area contributed by atoms with Crippen LogP contribution in [0.2, 0.25) is 0 Å². The molecule has 0 amide bonds. The van der Waals surface area contributed by atoms with Gasteiger partial charge in [0.2, 0.25) is 0 Å². The molecule has 0 spiro atoms. The summed E-state index contributed by atoms with van der Waals surface area (Å²) in [5, 5.41) is 11.0. The van der Waals surface area contributed by atoms with E-state index < -0.39 is 5.97 Å². The van der Waals surface area contributed by atoms with Crippen molar-refractivity contribution in [2.45, 2.75) is 6.42 Å². The van der Waals surface area contributed by atoms with Crippen molar-refractivity contribution < 1.29 is 14.6 Å². The zero-order valence-electron chi connectivity index (χ0n) is 9.43. The molecule has 0 unspecified atom stereocenters. The number of hydrogen-bond acceptors (Lipinski definition) is 3. The Morgan fingerprint density at radius 3 is 2.89 bits per heavy atom. The number of carboxylic acids is 1. The molecule has 18 heavy (non-hydrogen) atoms. The third-order valence-electron chi connectivity index (χ3n) is 2.37. The molecule has 1 aromatic carbocycles. The van der Waals surface area contributed by atoms with Crippen LogP contribution in [0.5, 0.6) is 5.75 Å². The Hall–Kier alpha value is -1.33. The number of thiophene rings is 1. The second-order valence-electron chi connectivity index (χ2n) is 3.62. The first kappa shape index (κ1) is 13.1. The summed E-state index contributed by atoms with van der Waals surface area (Å²) in [5.74, 6) is -0.391. The predicted octanol–water partition coefficient (Wildman–Crippen LogP) is 3.83. The van der Waals surface area contributed by atoms with Gasteiger partial charge in [0.15, 0.2) is 0 Å². The largest absolute Gasteiger partial charge is 0.493 e. The fraction of sp³-hybridized carbons (Fsp3) is 0.154. The first-order valence-corrected chi connectivity index (χ1v) is 7.02. The maximum Gasteiger partial charge on any atom is 0.336 e. The van der Waals surface area contributed by atoms with Gasteiger partial charge in [-0.05, 0) is 45.6 Å². The van der Waals surface area contributed by atoms with Crippen molar-refractivity contribution in [3.63, 3.8) is 0 Å². The molecule has 0 fully saturated rings. The van der Waals surface area contributed by atoms with Crippen LogP contribution in [-0.2, 0) is 6.42 Å². The van der Waals surface area contributed by atoms with Crippen LogP contribution in [0.1, 0.15) is 15.2 Å². The molecule has 2 rings (SSSR count). The fourth-order valence-corrected chi connectivity index (χ4v) is 2.59. The lowest BCUT2D eigenvalue weighted by Gasteiger charge is -2.07. The minimum Gasteiger partial charge on any atom is -0.493 e. The Morgan fingerprint density at radius 1 is 1.39 bits per heavy atom. The Bertz CT molecular complexity index is 537. The third kappa shape index (κ3) is 3.34. The first-order chi connectivity index (χ1) is 8.66. The molecule has 0 saturated heterocycles. The van der Waals surface area contributed by atoms with Gasteiger partial charge in [-0.2, -0.15) is 0 Å². The Morgan fingerprint density at radius 2 is 2.22 bits per heavy atom. The van der Waals surface area contributed by atoms with E-state index >= 15 is 0 Å². The molecule has 94 valence electrons. The van der Waals surface area contributed by atoms with Gasteiger partial charge in [-0.15, -0.1) is 11.3 Å². The maximum atomic E-state index is 11.0. The highest BCUT2D eigenvalue weighted by Gasteiger charge is 2.09. The van der Waals surface area contributed by atoms with Crippen LogP contribution in [0.4, 0.5) is 0 Å². The predicted molar refractivity (Wildman–Crippen MR) is 74.6 cm³/mol. The molecule has 5 heteroatoms. The molecule has 0 atom stereocenters. The third-order valence-corrected chi connectivity index (χ3v) is 3.99. The Labute approximate surface area is 117 Å². The SMILES string of the molecule is O=C(O)c1cc(OCCc2cccs2)ccc1Br. The lowest BCUT2D eigenvalue weighted by molar-refractivity contribution is 0.0695. The summed E-state index contributed by atoms with van der Waals surface area (Å²) in [6, 6.07) is 9.02. The van der Waals surface area contributed by atoms with E-state index in [1.807, 2.05) is 11.4 Å². The second-order valence-corrected chi connectivity index (χ2v) is 5.51. The summed E-state index contributed by atoms with van der Waals surface area (Å²) in [6.07, 6.45) is 0.829. The van der Waals surface area contributed by atoms with Crippen molar-refractivity contribution in [1.82, 2.24) is 0 Å². The standard InChI is InChI=1S/C13H11BrO3S/c14-12-4-3-9(8-11(12)13(15)16)17-6-5-10-2-1-7-18-10/h1-4,7-8H,5-6H2,(H,15,16). The van der Waals surface area contributed by atoms with E-state index in [9.17, 15) is 4.79 Å². The van der Waals surface area contributed by atoms with E-state index in [0.29, 0.717) is 16.8 Å². The van der Waals surface area contributed by atoms with Crippen LogP contribution in [0.25, 0.3) is 0 Å². The van der Waals surface area contributed by atoms with Crippen molar-refractivity contribution in [1.29, 1.82) is 0 Å². The molecule has 0 aliphatic heterocycles. The minimum atomic E-state index is -0.967. The summed E-state index contributed by atoms with van der Waals surface area (Å²) < 4.78 is 6.10. The maximum absolute atomic E-state index is 11.0. The van der Waals surface area contributed by atoms with E-state index in [1.165, 1.54) is 10.9 Å². The van der Waals surface area contributed by atoms with E-state index in [2.05, 4.69) is 22.0 Å². The minimum absolute atomic E-state index is 0.212. The van der Waals surface area contributed by atoms with Crippen LogP contribution in [-0.4, -0.2) is 17.7 Å². The molecule has 1 heterocycles. The quantitative estimate of drug-likeness (QED) is 0.908. The highest BCUT2D eigenvalue weighted by molar-refractivity contribution is 9.10. The fourth-order valence-electron chi connectivity index (χ4n) is 1.48. The second kappa shape index (κ2) is 6.02. The van der Waals surface area contributed by atoms with Crippen molar-refractivity contribution >= 4 is 33.2 Å². The van der Waals surface area contributed by atoms with Crippen LogP contribution in [0.3, 0.4) is 0 Å². The lowest BCUT2D eigenvalue weighted by Crippen LogP contribution is -2.02. The Balaban J connectivity index is 1.97. The van der Waals surface area contributed by atoms with Gasteiger partial charge in [0.05, 0.1) is 12.2 Å². The van der Waals surface area contributed by atoms with E-state index in [0.717, 1.165) is 6.42 Å². The van der Waals surface area contributed by atoms with Gasteiger partial charge in [0, 0.05) is 15.8 Å². The van der Waals surface area contributed by atoms with Crippen molar-refractivity contribution in [3.05, 3.63) is 50.6 Å². The number of carbonyl (C=O) groups is 1. The first-order valence-electron chi connectivity index (χ1n) is 5.35. The number of rotatable bonds is 5. The molecule has 1 aromatic heterocycles. The van der Waals surface area contributed by atoms with Gasteiger partial charge in [0.25, 0.3) is 0 Å². The zero-order chi connectivity index (χ0) is 13.0. The number of ether oxygens (including phenoxy) is 1. The smallest absolute Gasteiger partial charge is 0.336 e. The molecule has 0 aliphatic rings. The zero-order valence-corrected chi connectivity index (χ0v) is 11.8. The van der Waals surface area contributed by atoms with Gasteiger partial charge in [-0.1, -0.05) is 6.07 Å². The summed E-state index contributed by atoms with van der Waals surface area (Å²) in [5.41, 5.74) is 0.212. The van der Waals surface area contributed by atoms with Crippen LogP contribution in [0, 0.1) is 0 Å². The summed E-state index contributed by atoms with van der Waals surface area (Å²) in [7, 11) is 0. The monoisotopic (exact) mass is 326 g/mol.